The number of nitrogens with zero attached hydrogens (tertiary/aromatic N) is 1. The molecule has 0 radical (unpaired) electrons. The Hall–Kier alpha value is -2.64. The molecule has 186 valence electrons. The molecule has 0 atom stereocenters. The van der Waals surface area contributed by atoms with Crippen LogP contribution < -0.4 is 5.73 Å². The summed E-state index contributed by atoms with van der Waals surface area (Å²) in [5.41, 5.74) is 7.08. The van der Waals surface area contributed by atoms with Crippen molar-refractivity contribution in [2.45, 2.75) is 12.8 Å². The quantitative estimate of drug-likeness (QED) is 0.118. The number of fused-ring (bicyclic) bond motifs is 2. The third-order valence-electron chi connectivity index (χ3n) is 6.23. The summed E-state index contributed by atoms with van der Waals surface area (Å²) >= 11 is 0. The average Bonchev–Trinajstić information content (AvgIpc) is 2.93. The highest BCUT2D eigenvalue weighted by molar-refractivity contribution is 8.76. The van der Waals surface area contributed by atoms with Crippen LogP contribution in [0.5, 0.6) is 0 Å². The maximum Gasteiger partial charge on any atom is 0.164 e. The maximum absolute atomic E-state index is 13.0. The van der Waals surface area contributed by atoms with Crippen molar-refractivity contribution in [3.05, 3.63) is 96.1 Å². The molecule has 0 aliphatic carbocycles. The van der Waals surface area contributed by atoms with Gasteiger partial charge in [-0.1, -0.05) is 94.4 Å². The summed E-state index contributed by atoms with van der Waals surface area (Å²) < 4.78 is 0. The molecule has 0 saturated carbocycles. The summed E-state index contributed by atoms with van der Waals surface area (Å²) in [5.74, 6) is 2.12. The first-order chi connectivity index (χ1) is 17.6. The first-order valence-electron chi connectivity index (χ1n) is 12.3. The predicted molar refractivity (Wildman–Crippen MR) is 156 cm³/mol. The number of hydrogen-bond acceptors (Lipinski definition) is 6. The fraction of sp³-hybridized carbons (Fsp3) is 0.267. The molecule has 36 heavy (non-hydrogen) atoms. The van der Waals surface area contributed by atoms with Crippen molar-refractivity contribution >= 4 is 54.7 Å². The molecule has 0 fully saturated rings. The Kier molecular flexibility index (Phi) is 9.99. The minimum atomic E-state index is 0.136. The molecule has 0 heterocycles. The Labute approximate surface area is 221 Å². The van der Waals surface area contributed by atoms with Gasteiger partial charge in [-0.2, -0.15) is 0 Å². The summed E-state index contributed by atoms with van der Waals surface area (Å²) in [5, 5.41) is 4.42. The van der Waals surface area contributed by atoms with Gasteiger partial charge in [-0.05, 0) is 33.7 Å². The third kappa shape index (κ3) is 7.43. The first-order valence-corrected chi connectivity index (χ1v) is 14.8. The number of carbonyl (C=O) groups excluding carboxylic acids is 2. The lowest BCUT2D eigenvalue weighted by molar-refractivity contribution is 0.0950. The molecule has 2 N–H and O–H groups in total. The highest BCUT2D eigenvalue weighted by atomic mass is 33.1. The van der Waals surface area contributed by atoms with Gasteiger partial charge in [-0.25, -0.2) is 0 Å². The van der Waals surface area contributed by atoms with E-state index >= 15 is 0 Å². The van der Waals surface area contributed by atoms with Crippen LogP contribution in [0.25, 0.3) is 21.5 Å². The van der Waals surface area contributed by atoms with Gasteiger partial charge in [0.05, 0.1) is 0 Å². The van der Waals surface area contributed by atoms with Crippen LogP contribution in [0.2, 0.25) is 0 Å². The molecular formula is C30H32N2O2S2. The van der Waals surface area contributed by atoms with E-state index in [4.69, 9.17) is 5.73 Å². The third-order valence-corrected chi connectivity index (χ3v) is 8.65. The van der Waals surface area contributed by atoms with Gasteiger partial charge in [-0.3, -0.25) is 9.59 Å². The van der Waals surface area contributed by atoms with Crippen LogP contribution in [-0.2, 0) is 0 Å². The van der Waals surface area contributed by atoms with Crippen molar-refractivity contribution in [2.24, 2.45) is 5.73 Å². The van der Waals surface area contributed by atoms with Gasteiger partial charge in [-0.15, -0.1) is 0 Å². The summed E-state index contributed by atoms with van der Waals surface area (Å²) in [4.78, 5) is 28.2. The maximum atomic E-state index is 13.0. The highest BCUT2D eigenvalue weighted by Crippen LogP contribution is 2.21. The van der Waals surface area contributed by atoms with E-state index in [0.29, 0.717) is 32.5 Å². The zero-order valence-corrected chi connectivity index (χ0v) is 22.0. The minimum Gasteiger partial charge on any atom is -0.330 e. The molecule has 0 amide bonds. The Balaban J connectivity index is 1.36. The first kappa shape index (κ1) is 26.4. The van der Waals surface area contributed by atoms with Gasteiger partial charge in [0.25, 0.3) is 0 Å². The molecule has 0 saturated heterocycles. The number of benzene rings is 4. The molecule has 4 rings (SSSR count). The van der Waals surface area contributed by atoms with E-state index in [1.807, 2.05) is 72.8 Å². The molecule has 0 bridgehead atoms. The van der Waals surface area contributed by atoms with Gasteiger partial charge in [0, 0.05) is 61.7 Å². The number of Topliss-reactive ketones (excluding diaryl/α,β-unsaturated/α-hetero) is 2. The van der Waals surface area contributed by atoms with Crippen molar-refractivity contribution in [1.29, 1.82) is 0 Å². The summed E-state index contributed by atoms with van der Waals surface area (Å²) in [6, 6.07) is 28.0. The second-order valence-corrected chi connectivity index (χ2v) is 11.4. The summed E-state index contributed by atoms with van der Waals surface area (Å²) in [6.45, 7) is 2.78. The molecule has 4 aromatic carbocycles. The average molecular weight is 517 g/mol. The fourth-order valence-corrected chi connectivity index (χ4v) is 6.09. The molecule has 0 aromatic heterocycles. The zero-order valence-electron chi connectivity index (χ0n) is 20.4. The molecule has 0 unspecified atom stereocenters. The van der Waals surface area contributed by atoms with E-state index in [1.54, 1.807) is 21.6 Å². The van der Waals surface area contributed by atoms with Gasteiger partial charge < -0.3 is 10.6 Å². The second kappa shape index (κ2) is 13.6. The smallest absolute Gasteiger partial charge is 0.164 e. The second-order valence-electron chi connectivity index (χ2n) is 8.74. The summed E-state index contributed by atoms with van der Waals surface area (Å²) in [6.07, 6.45) is 0.867. The van der Waals surface area contributed by atoms with Crippen molar-refractivity contribution in [2.75, 3.05) is 37.7 Å². The van der Waals surface area contributed by atoms with Crippen molar-refractivity contribution < 1.29 is 9.59 Å². The predicted octanol–water partition coefficient (Wildman–Crippen LogP) is 6.48. The Bertz CT molecular complexity index is 1230. The van der Waals surface area contributed by atoms with E-state index in [0.717, 1.165) is 50.7 Å². The normalized spacial score (nSPS) is 11.4. The summed E-state index contributed by atoms with van der Waals surface area (Å²) in [7, 11) is 3.57. The molecule has 0 aliphatic rings. The van der Waals surface area contributed by atoms with E-state index < -0.39 is 0 Å². The van der Waals surface area contributed by atoms with Gasteiger partial charge >= 0.3 is 0 Å². The van der Waals surface area contributed by atoms with E-state index in [9.17, 15) is 9.59 Å². The van der Waals surface area contributed by atoms with Crippen LogP contribution in [0, 0.1) is 0 Å². The number of rotatable bonds is 14. The molecule has 0 aliphatic heterocycles. The fourth-order valence-electron chi connectivity index (χ4n) is 4.20. The number of nitrogens with two attached hydrogens (primary N) is 1. The SMILES string of the molecule is NCCSSCCN(CCC(=O)c1ccc2ccccc2c1)CCC(=O)c1ccc2ccccc2c1. The Morgan fingerprint density at radius 1 is 0.611 bits per heavy atom. The number of hydrogen-bond donors (Lipinski definition) is 1. The lowest BCUT2D eigenvalue weighted by Gasteiger charge is -2.21. The van der Waals surface area contributed by atoms with Gasteiger partial charge in [0.15, 0.2) is 11.6 Å². The molecule has 4 aromatic rings. The van der Waals surface area contributed by atoms with Crippen LogP contribution in [0.3, 0.4) is 0 Å². The molecule has 0 spiro atoms. The van der Waals surface area contributed by atoms with Crippen LogP contribution in [0.4, 0.5) is 0 Å². The number of ketones is 2. The van der Waals surface area contributed by atoms with Crippen LogP contribution in [0.1, 0.15) is 33.6 Å². The molecule has 4 nitrogen and oxygen atoms in total. The van der Waals surface area contributed by atoms with E-state index in [2.05, 4.69) is 17.0 Å². The highest BCUT2D eigenvalue weighted by Gasteiger charge is 2.14. The van der Waals surface area contributed by atoms with E-state index in [-0.39, 0.29) is 11.6 Å². The van der Waals surface area contributed by atoms with Crippen molar-refractivity contribution in [3.63, 3.8) is 0 Å². The molecule has 6 heteroatoms. The zero-order chi connectivity index (χ0) is 25.2. The monoisotopic (exact) mass is 516 g/mol. The van der Waals surface area contributed by atoms with Crippen LogP contribution in [-0.4, -0.2) is 54.2 Å². The van der Waals surface area contributed by atoms with Gasteiger partial charge in [0.1, 0.15) is 0 Å². The van der Waals surface area contributed by atoms with Crippen LogP contribution >= 0.6 is 21.6 Å². The van der Waals surface area contributed by atoms with E-state index in [1.165, 1.54) is 0 Å². The molecular weight excluding hydrogens is 484 g/mol. The van der Waals surface area contributed by atoms with Crippen molar-refractivity contribution in [1.82, 2.24) is 4.90 Å². The Morgan fingerprint density at radius 3 is 1.58 bits per heavy atom. The largest absolute Gasteiger partial charge is 0.330 e. The standard InChI is InChI=1S/C30H32N2O2S2/c31-15-19-35-36-20-18-32(16-13-29(33)27-11-9-23-5-1-3-7-25(23)21-27)17-14-30(34)28-12-10-24-6-2-4-8-26(24)22-28/h1-12,21-22H,13-20,31H2. The number of carbonyl (C=O) groups is 2. The Morgan fingerprint density at radius 2 is 1.08 bits per heavy atom. The van der Waals surface area contributed by atoms with Crippen molar-refractivity contribution in [3.8, 4) is 0 Å². The lowest BCUT2D eigenvalue weighted by Crippen LogP contribution is -2.31. The topological polar surface area (TPSA) is 63.4 Å². The van der Waals surface area contributed by atoms with Gasteiger partial charge in [0.2, 0.25) is 0 Å². The van der Waals surface area contributed by atoms with Crippen LogP contribution in [0.15, 0.2) is 84.9 Å². The minimum absolute atomic E-state index is 0.136. The lowest BCUT2D eigenvalue weighted by atomic mass is 10.0.